The van der Waals surface area contributed by atoms with Crippen molar-refractivity contribution in [2.45, 2.75) is 6.04 Å². The standard InChI is InChI=1S/C24H28N10O/c1-26-23-20(17-9-27-10-18-19(17)28-13-33(18)4)30-21(22(25)35)24(31-23)29-14-5-7-15(8-6-14)34-11-16(12-34)32(2)3/h5-10,13,16H,11-12H2,1-4H3,(H2,25,35)(H2,26,29,31). The summed E-state index contributed by atoms with van der Waals surface area (Å²) < 4.78 is 1.87. The van der Waals surface area contributed by atoms with E-state index < -0.39 is 5.91 Å². The first kappa shape index (κ1) is 22.5. The molecule has 4 aromatic rings. The van der Waals surface area contributed by atoms with Gasteiger partial charge in [-0.3, -0.25) is 9.78 Å². The van der Waals surface area contributed by atoms with E-state index in [1.165, 1.54) is 0 Å². The average molecular weight is 473 g/mol. The van der Waals surface area contributed by atoms with Gasteiger partial charge >= 0.3 is 0 Å². The van der Waals surface area contributed by atoms with Crippen LogP contribution in [-0.2, 0) is 7.05 Å². The number of pyridine rings is 1. The maximum absolute atomic E-state index is 12.4. The second-order valence-electron chi connectivity index (χ2n) is 8.84. The van der Waals surface area contributed by atoms with E-state index in [0.29, 0.717) is 28.6 Å². The second kappa shape index (κ2) is 8.84. The van der Waals surface area contributed by atoms with Gasteiger partial charge in [0.25, 0.3) is 5.91 Å². The average Bonchev–Trinajstić information content (AvgIpc) is 3.19. The zero-order valence-corrected chi connectivity index (χ0v) is 20.1. The molecule has 35 heavy (non-hydrogen) atoms. The number of anilines is 4. The highest BCUT2D eigenvalue weighted by atomic mass is 16.1. The van der Waals surface area contributed by atoms with Crippen LogP contribution in [0.15, 0.2) is 43.0 Å². The summed E-state index contributed by atoms with van der Waals surface area (Å²) in [6, 6.07) is 8.58. The Morgan fingerprint density at radius 2 is 1.86 bits per heavy atom. The van der Waals surface area contributed by atoms with Crippen molar-refractivity contribution in [3.05, 3.63) is 48.7 Å². The zero-order chi connectivity index (χ0) is 24.7. The molecule has 1 saturated heterocycles. The summed E-state index contributed by atoms with van der Waals surface area (Å²) in [5.74, 6) is 0.0671. The molecule has 0 atom stereocenters. The van der Waals surface area contributed by atoms with Gasteiger partial charge in [-0.05, 0) is 38.4 Å². The number of nitrogens with zero attached hydrogens (tertiary/aromatic N) is 7. The van der Waals surface area contributed by atoms with E-state index >= 15 is 0 Å². The van der Waals surface area contributed by atoms with Crippen molar-refractivity contribution in [2.75, 3.05) is 49.8 Å². The van der Waals surface area contributed by atoms with Crippen LogP contribution in [0.5, 0.6) is 0 Å². The molecule has 4 heterocycles. The number of hydrogen-bond acceptors (Lipinski definition) is 9. The van der Waals surface area contributed by atoms with Gasteiger partial charge in [0, 0.05) is 50.8 Å². The number of benzene rings is 1. The molecule has 0 unspecified atom stereocenters. The minimum atomic E-state index is -0.683. The van der Waals surface area contributed by atoms with E-state index in [9.17, 15) is 4.79 Å². The van der Waals surface area contributed by atoms with Gasteiger partial charge in [-0.15, -0.1) is 0 Å². The third kappa shape index (κ3) is 4.10. The first-order valence-electron chi connectivity index (χ1n) is 11.3. The van der Waals surface area contributed by atoms with Crippen LogP contribution in [0.4, 0.5) is 23.0 Å². The van der Waals surface area contributed by atoms with Gasteiger partial charge < -0.3 is 30.7 Å². The van der Waals surface area contributed by atoms with Crippen molar-refractivity contribution >= 4 is 40.0 Å². The molecule has 1 aliphatic heterocycles. The summed E-state index contributed by atoms with van der Waals surface area (Å²) in [5.41, 5.74) is 10.3. The number of aryl methyl sites for hydroxylation is 1. The lowest BCUT2D eigenvalue weighted by Gasteiger charge is -2.44. The molecular formula is C24H28N10O. The molecule has 0 spiro atoms. The van der Waals surface area contributed by atoms with Gasteiger partial charge in [-0.1, -0.05) is 0 Å². The lowest BCUT2D eigenvalue weighted by molar-refractivity contribution is 0.0996. The van der Waals surface area contributed by atoms with Crippen LogP contribution < -0.4 is 21.3 Å². The largest absolute Gasteiger partial charge is 0.371 e. The van der Waals surface area contributed by atoms with Gasteiger partial charge in [-0.2, -0.15) is 0 Å². The number of nitrogens with one attached hydrogen (secondary N) is 2. The normalized spacial score (nSPS) is 13.8. The predicted molar refractivity (Wildman–Crippen MR) is 137 cm³/mol. The molecule has 0 saturated carbocycles. The third-order valence-corrected chi connectivity index (χ3v) is 6.35. The van der Waals surface area contributed by atoms with E-state index in [0.717, 1.165) is 30.0 Å². The molecule has 11 heteroatoms. The molecule has 1 amide bonds. The van der Waals surface area contributed by atoms with Gasteiger partial charge in [-0.25, -0.2) is 15.0 Å². The molecule has 11 nitrogen and oxygen atoms in total. The van der Waals surface area contributed by atoms with Crippen molar-refractivity contribution in [3.63, 3.8) is 0 Å². The van der Waals surface area contributed by atoms with Crippen LogP contribution in [0.1, 0.15) is 10.5 Å². The lowest BCUT2D eigenvalue weighted by atomic mass is 10.1. The highest BCUT2D eigenvalue weighted by Gasteiger charge is 2.28. The lowest BCUT2D eigenvalue weighted by Crippen LogP contribution is -2.57. The SMILES string of the molecule is CNc1nc(Nc2ccc(N3CC(N(C)C)C3)cc2)c(C(N)=O)nc1-c1cncc2c1ncn2C. The van der Waals surface area contributed by atoms with E-state index in [1.807, 2.05) is 35.9 Å². The summed E-state index contributed by atoms with van der Waals surface area (Å²) in [4.78, 5) is 34.9. The molecule has 0 bridgehead atoms. The Kier molecular flexibility index (Phi) is 5.69. The minimum Gasteiger partial charge on any atom is -0.371 e. The number of likely N-dealkylation sites (N-methyl/N-ethyl adjacent to an activating group) is 1. The van der Waals surface area contributed by atoms with Gasteiger partial charge in [0.15, 0.2) is 17.3 Å². The smallest absolute Gasteiger partial charge is 0.271 e. The highest BCUT2D eigenvalue weighted by Crippen LogP contribution is 2.32. The maximum Gasteiger partial charge on any atom is 0.271 e. The fraction of sp³-hybridized carbons (Fsp3) is 0.292. The van der Waals surface area contributed by atoms with Crippen molar-refractivity contribution in [2.24, 2.45) is 12.8 Å². The Hall–Kier alpha value is -4.25. The number of nitrogens with two attached hydrogens (primary N) is 1. The monoisotopic (exact) mass is 472 g/mol. The minimum absolute atomic E-state index is 0.0348. The molecule has 1 aromatic carbocycles. The maximum atomic E-state index is 12.4. The van der Waals surface area contributed by atoms with Gasteiger partial charge in [0.1, 0.15) is 11.2 Å². The Morgan fingerprint density at radius 1 is 1.11 bits per heavy atom. The molecule has 0 aliphatic carbocycles. The number of hydrogen-bond donors (Lipinski definition) is 3. The number of carbonyl (C=O) groups is 1. The number of carbonyl (C=O) groups excluding carboxylic acids is 1. The summed E-state index contributed by atoms with van der Waals surface area (Å²) in [5, 5.41) is 6.27. The number of amides is 1. The Labute approximate surface area is 203 Å². The Balaban J connectivity index is 1.47. The molecule has 4 N–H and O–H groups in total. The van der Waals surface area contributed by atoms with E-state index in [-0.39, 0.29) is 11.5 Å². The van der Waals surface area contributed by atoms with Crippen molar-refractivity contribution in [3.8, 4) is 11.3 Å². The summed E-state index contributed by atoms with van der Waals surface area (Å²) in [6.07, 6.45) is 5.10. The van der Waals surface area contributed by atoms with Crippen LogP contribution in [0.3, 0.4) is 0 Å². The van der Waals surface area contributed by atoms with Gasteiger partial charge in [0.2, 0.25) is 0 Å². The van der Waals surface area contributed by atoms with Crippen molar-refractivity contribution in [1.29, 1.82) is 0 Å². The number of fused-ring (bicyclic) bond motifs is 1. The predicted octanol–water partition coefficient (Wildman–Crippen LogP) is 2.06. The van der Waals surface area contributed by atoms with E-state index in [1.54, 1.807) is 25.8 Å². The summed E-state index contributed by atoms with van der Waals surface area (Å²) >= 11 is 0. The molecular weight excluding hydrogens is 444 g/mol. The number of aromatic nitrogens is 5. The van der Waals surface area contributed by atoms with E-state index in [2.05, 4.69) is 54.5 Å². The van der Waals surface area contributed by atoms with Crippen molar-refractivity contribution < 1.29 is 4.79 Å². The van der Waals surface area contributed by atoms with Crippen molar-refractivity contribution in [1.82, 2.24) is 29.4 Å². The Morgan fingerprint density at radius 3 is 2.51 bits per heavy atom. The molecule has 0 radical (unpaired) electrons. The Bertz CT molecular complexity index is 1390. The fourth-order valence-corrected chi connectivity index (χ4v) is 4.16. The topological polar surface area (TPSA) is 130 Å². The van der Waals surface area contributed by atoms with Crippen LogP contribution in [-0.4, -0.2) is 75.6 Å². The van der Waals surface area contributed by atoms with Crippen LogP contribution >= 0.6 is 0 Å². The molecule has 5 rings (SSSR count). The highest BCUT2D eigenvalue weighted by molar-refractivity contribution is 5.99. The van der Waals surface area contributed by atoms with Crippen LogP contribution in [0, 0.1) is 0 Å². The van der Waals surface area contributed by atoms with E-state index in [4.69, 9.17) is 5.73 Å². The molecule has 1 aliphatic rings. The second-order valence-corrected chi connectivity index (χ2v) is 8.84. The van der Waals surface area contributed by atoms with Gasteiger partial charge in [0.05, 0.1) is 23.6 Å². The zero-order valence-electron chi connectivity index (χ0n) is 20.1. The molecule has 180 valence electrons. The fourth-order valence-electron chi connectivity index (χ4n) is 4.16. The number of primary amides is 1. The number of rotatable bonds is 7. The number of imidazole rings is 1. The van der Waals surface area contributed by atoms with Crippen LogP contribution in [0.2, 0.25) is 0 Å². The first-order valence-corrected chi connectivity index (χ1v) is 11.3. The third-order valence-electron chi connectivity index (χ3n) is 6.35. The van der Waals surface area contributed by atoms with Crippen LogP contribution in [0.25, 0.3) is 22.3 Å². The summed E-state index contributed by atoms with van der Waals surface area (Å²) in [6.45, 7) is 2.00. The quantitative estimate of drug-likeness (QED) is 0.370. The molecule has 3 aromatic heterocycles. The summed E-state index contributed by atoms with van der Waals surface area (Å²) in [7, 11) is 7.84. The first-order chi connectivity index (χ1) is 16.9. The molecule has 1 fully saturated rings.